The number of benzene rings is 1. The lowest BCUT2D eigenvalue weighted by Gasteiger charge is -2.15. The van der Waals surface area contributed by atoms with Crippen LogP contribution in [0.5, 0.6) is 11.6 Å². The Morgan fingerprint density at radius 1 is 1.24 bits per heavy atom. The molecule has 5 nitrogen and oxygen atoms in total. The van der Waals surface area contributed by atoms with E-state index in [-0.39, 0.29) is 11.9 Å². The maximum Gasteiger partial charge on any atom is 0.232 e. The lowest BCUT2D eigenvalue weighted by Crippen LogP contribution is -2.32. The standard InChI is InChI=1S/C19H22FN3O2/c20-14-5-6-18-13(9-14)10-15(25-18)11-21-7-8-24-19-12-22-16-3-1-2-4-17(16)23-19/h5-6,9,12,15,21H,1-4,7-8,10-11H2. The van der Waals surface area contributed by atoms with Crippen molar-refractivity contribution in [2.45, 2.75) is 38.2 Å². The van der Waals surface area contributed by atoms with Crippen LogP contribution in [0.15, 0.2) is 24.4 Å². The van der Waals surface area contributed by atoms with E-state index in [1.165, 1.54) is 18.9 Å². The monoisotopic (exact) mass is 343 g/mol. The molecule has 0 radical (unpaired) electrons. The van der Waals surface area contributed by atoms with Gasteiger partial charge < -0.3 is 14.8 Å². The van der Waals surface area contributed by atoms with Crippen LogP contribution in [0.3, 0.4) is 0 Å². The van der Waals surface area contributed by atoms with E-state index in [0.29, 0.717) is 25.6 Å². The van der Waals surface area contributed by atoms with Crippen molar-refractivity contribution >= 4 is 0 Å². The number of halogens is 1. The van der Waals surface area contributed by atoms with Crippen molar-refractivity contribution in [1.82, 2.24) is 15.3 Å². The molecule has 1 unspecified atom stereocenters. The third-order valence-electron chi connectivity index (χ3n) is 4.65. The van der Waals surface area contributed by atoms with E-state index < -0.39 is 0 Å². The number of hydrogen-bond donors (Lipinski definition) is 1. The predicted octanol–water partition coefficient (Wildman–Crippen LogP) is 2.47. The summed E-state index contributed by atoms with van der Waals surface area (Å²) < 4.78 is 24.7. The second kappa shape index (κ2) is 7.35. The molecule has 1 aromatic carbocycles. The summed E-state index contributed by atoms with van der Waals surface area (Å²) in [6.45, 7) is 1.93. The van der Waals surface area contributed by atoms with Crippen molar-refractivity contribution in [2.75, 3.05) is 19.7 Å². The molecule has 132 valence electrons. The summed E-state index contributed by atoms with van der Waals surface area (Å²) in [5, 5.41) is 3.32. The predicted molar refractivity (Wildman–Crippen MR) is 91.6 cm³/mol. The molecule has 4 rings (SSSR count). The molecule has 0 fully saturated rings. The minimum Gasteiger partial charge on any atom is -0.488 e. The third-order valence-corrected chi connectivity index (χ3v) is 4.65. The number of aryl methyl sites for hydroxylation is 2. The molecule has 1 aliphatic carbocycles. The Labute approximate surface area is 146 Å². The Morgan fingerprint density at radius 2 is 2.12 bits per heavy atom. The van der Waals surface area contributed by atoms with E-state index in [1.54, 1.807) is 18.3 Å². The van der Waals surface area contributed by atoms with Crippen LogP contribution in [-0.2, 0) is 19.3 Å². The number of fused-ring (bicyclic) bond motifs is 2. The Morgan fingerprint density at radius 3 is 3.04 bits per heavy atom. The molecule has 0 bridgehead atoms. The number of nitrogens with zero attached hydrogens (tertiary/aromatic N) is 2. The molecule has 1 aliphatic heterocycles. The minimum atomic E-state index is -0.212. The van der Waals surface area contributed by atoms with Crippen LogP contribution in [0.4, 0.5) is 4.39 Å². The highest BCUT2D eigenvalue weighted by atomic mass is 19.1. The van der Waals surface area contributed by atoms with E-state index in [9.17, 15) is 4.39 Å². The van der Waals surface area contributed by atoms with Crippen molar-refractivity contribution in [3.8, 4) is 11.6 Å². The largest absolute Gasteiger partial charge is 0.488 e. The molecule has 2 heterocycles. The first-order chi connectivity index (χ1) is 12.3. The lowest BCUT2D eigenvalue weighted by molar-refractivity contribution is 0.221. The fraction of sp³-hybridized carbons (Fsp3) is 0.474. The van der Waals surface area contributed by atoms with E-state index in [2.05, 4.69) is 15.3 Å². The van der Waals surface area contributed by atoms with Gasteiger partial charge in [0.15, 0.2) is 0 Å². The Balaban J connectivity index is 1.18. The molecule has 2 aromatic rings. The molecule has 1 aromatic heterocycles. The average Bonchev–Trinajstić information content (AvgIpc) is 3.03. The first kappa shape index (κ1) is 16.3. The lowest BCUT2D eigenvalue weighted by atomic mass is 10.0. The van der Waals surface area contributed by atoms with Gasteiger partial charge in [0.2, 0.25) is 5.88 Å². The van der Waals surface area contributed by atoms with Crippen LogP contribution in [0, 0.1) is 5.82 Å². The van der Waals surface area contributed by atoms with Crippen LogP contribution in [0.1, 0.15) is 29.8 Å². The zero-order chi connectivity index (χ0) is 17.1. The smallest absolute Gasteiger partial charge is 0.232 e. The fourth-order valence-corrected chi connectivity index (χ4v) is 3.39. The Hall–Kier alpha value is -2.21. The highest BCUT2D eigenvalue weighted by molar-refractivity contribution is 5.37. The van der Waals surface area contributed by atoms with Gasteiger partial charge in [-0.1, -0.05) is 0 Å². The van der Waals surface area contributed by atoms with Crippen molar-refractivity contribution in [3.63, 3.8) is 0 Å². The van der Waals surface area contributed by atoms with E-state index in [1.807, 2.05) is 0 Å². The first-order valence-electron chi connectivity index (χ1n) is 8.91. The summed E-state index contributed by atoms with van der Waals surface area (Å²) in [6, 6.07) is 4.68. The summed E-state index contributed by atoms with van der Waals surface area (Å²) in [5.74, 6) is 1.17. The number of ether oxygens (including phenoxy) is 2. The van der Waals surface area contributed by atoms with Gasteiger partial charge in [-0.3, -0.25) is 4.98 Å². The molecular weight excluding hydrogens is 321 g/mol. The highest BCUT2D eigenvalue weighted by Crippen LogP contribution is 2.28. The maximum atomic E-state index is 13.2. The molecular formula is C19H22FN3O2. The summed E-state index contributed by atoms with van der Waals surface area (Å²) >= 11 is 0. The topological polar surface area (TPSA) is 56.3 Å². The summed E-state index contributed by atoms with van der Waals surface area (Å²) in [7, 11) is 0. The van der Waals surface area contributed by atoms with Crippen LogP contribution in [-0.4, -0.2) is 35.8 Å². The maximum absolute atomic E-state index is 13.2. The summed E-state index contributed by atoms with van der Waals surface area (Å²) in [6.07, 6.45) is 6.90. The molecule has 0 amide bonds. The average molecular weight is 343 g/mol. The van der Waals surface area contributed by atoms with Crippen LogP contribution >= 0.6 is 0 Å². The van der Waals surface area contributed by atoms with Crippen molar-refractivity contribution < 1.29 is 13.9 Å². The zero-order valence-corrected chi connectivity index (χ0v) is 14.1. The van der Waals surface area contributed by atoms with E-state index >= 15 is 0 Å². The number of nitrogens with one attached hydrogen (secondary N) is 1. The van der Waals surface area contributed by atoms with Gasteiger partial charge in [-0.05, 0) is 43.9 Å². The van der Waals surface area contributed by atoms with Gasteiger partial charge in [0.1, 0.15) is 24.3 Å². The summed E-state index contributed by atoms with van der Waals surface area (Å²) in [5.41, 5.74) is 3.14. The molecule has 2 aliphatic rings. The van der Waals surface area contributed by atoms with E-state index in [0.717, 1.165) is 42.0 Å². The van der Waals surface area contributed by atoms with E-state index in [4.69, 9.17) is 9.47 Å². The fourth-order valence-electron chi connectivity index (χ4n) is 3.39. The minimum absolute atomic E-state index is 0.0420. The molecule has 0 saturated heterocycles. The van der Waals surface area contributed by atoms with Crippen molar-refractivity contribution in [3.05, 3.63) is 47.2 Å². The molecule has 1 N–H and O–H groups in total. The molecule has 25 heavy (non-hydrogen) atoms. The van der Waals surface area contributed by atoms with Crippen molar-refractivity contribution in [2.24, 2.45) is 0 Å². The van der Waals surface area contributed by atoms with Crippen LogP contribution in [0.25, 0.3) is 0 Å². The number of rotatable bonds is 6. The van der Waals surface area contributed by atoms with Crippen LogP contribution in [0.2, 0.25) is 0 Å². The second-order valence-corrected chi connectivity index (χ2v) is 6.56. The van der Waals surface area contributed by atoms with Gasteiger partial charge in [0.05, 0.1) is 17.6 Å². The highest BCUT2D eigenvalue weighted by Gasteiger charge is 2.22. The number of hydrogen-bond acceptors (Lipinski definition) is 5. The normalized spacial score (nSPS) is 18.4. The number of aromatic nitrogens is 2. The molecule has 6 heteroatoms. The molecule has 1 atom stereocenters. The first-order valence-corrected chi connectivity index (χ1v) is 8.91. The van der Waals surface area contributed by atoms with Gasteiger partial charge in [0.25, 0.3) is 0 Å². The van der Waals surface area contributed by atoms with Crippen LogP contribution < -0.4 is 14.8 Å². The Bertz CT molecular complexity index is 753. The van der Waals surface area contributed by atoms with Gasteiger partial charge >= 0.3 is 0 Å². The van der Waals surface area contributed by atoms with Gasteiger partial charge in [0, 0.05) is 25.1 Å². The molecule has 0 saturated carbocycles. The molecule has 0 spiro atoms. The SMILES string of the molecule is Fc1ccc2c(c1)CC(CNCCOc1cnc3c(n1)CCCC3)O2. The van der Waals surface area contributed by atoms with Gasteiger partial charge in [-0.15, -0.1) is 0 Å². The summed E-state index contributed by atoms with van der Waals surface area (Å²) in [4.78, 5) is 9.00. The quantitative estimate of drug-likeness (QED) is 0.817. The third kappa shape index (κ3) is 3.90. The van der Waals surface area contributed by atoms with Crippen molar-refractivity contribution in [1.29, 1.82) is 0 Å². The van der Waals surface area contributed by atoms with Gasteiger partial charge in [-0.2, -0.15) is 0 Å². The second-order valence-electron chi connectivity index (χ2n) is 6.56. The zero-order valence-electron chi connectivity index (χ0n) is 14.1. The Kier molecular flexibility index (Phi) is 4.78. The van der Waals surface area contributed by atoms with Gasteiger partial charge in [-0.25, -0.2) is 9.37 Å².